The Labute approximate surface area is 85.9 Å². The van der Waals surface area contributed by atoms with Gasteiger partial charge in [-0.15, -0.1) is 0 Å². The monoisotopic (exact) mass is 206 g/mol. The first kappa shape index (κ1) is 8.18. The van der Waals surface area contributed by atoms with Crippen molar-refractivity contribution >= 4 is 23.2 Å². The zero-order valence-electron chi connectivity index (χ0n) is 7.29. The molecule has 70 valence electrons. The molecule has 0 N–H and O–H groups in total. The van der Waals surface area contributed by atoms with Gasteiger partial charge < -0.3 is 0 Å². The van der Waals surface area contributed by atoms with Crippen molar-refractivity contribution in [2.75, 3.05) is 0 Å². The van der Waals surface area contributed by atoms with Gasteiger partial charge in [0.15, 0.2) is 5.78 Å². The number of rotatable bonds is 0. The third-order valence-corrected chi connectivity index (χ3v) is 3.38. The fourth-order valence-corrected chi connectivity index (χ4v) is 2.72. The Kier molecular flexibility index (Phi) is 1.43. The molecule has 0 amide bonds. The summed E-state index contributed by atoms with van der Waals surface area (Å²) in [7, 11) is 0. The molecular formula is C11H7ClO2. The van der Waals surface area contributed by atoms with Gasteiger partial charge in [0.1, 0.15) is 0 Å². The molecule has 2 atom stereocenters. The van der Waals surface area contributed by atoms with E-state index in [4.69, 9.17) is 11.6 Å². The Hall–Kier alpha value is -1.15. The topological polar surface area (TPSA) is 34.1 Å². The van der Waals surface area contributed by atoms with Crippen molar-refractivity contribution < 1.29 is 9.59 Å². The van der Waals surface area contributed by atoms with Gasteiger partial charge in [0.25, 0.3) is 0 Å². The minimum Gasteiger partial charge on any atom is -0.290 e. The quantitative estimate of drug-likeness (QED) is 0.447. The van der Waals surface area contributed by atoms with Gasteiger partial charge in [0, 0.05) is 29.1 Å². The fourth-order valence-electron chi connectivity index (χ4n) is 2.52. The van der Waals surface area contributed by atoms with Crippen LogP contribution in [0.1, 0.15) is 6.42 Å². The number of allylic oxidation sites excluding steroid dienone is 6. The zero-order valence-corrected chi connectivity index (χ0v) is 8.04. The molecule has 3 aliphatic carbocycles. The van der Waals surface area contributed by atoms with Crippen molar-refractivity contribution in [3.05, 3.63) is 34.4 Å². The maximum atomic E-state index is 11.7. The van der Waals surface area contributed by atoms with E-state index in [2.05, 4.69) is 0 Å². The Morgan fingerprint density at radius 3 is 2.50 bits per heavy atom. The lowest BCUT2D eigenvalue weighted by molar-refractivity contribution is -0.115. The van der Waals surface area contributed by atoms with E-state index in [1.807, 2.05) is 12.2 Å². The number of ketones is 2. The summed E-state index contributed by atoms with van der Waals surface area (Å²) in [4.78, 5) is 23.3. The first-order valence-corrected chi connectivity index (χ1v) is 4.95. The molecule has 2 bridgehead atoms. The highest BCUT2D eigenvalue weighted by atomic mass is 35.5. The van der Waals surface area contributed by atoms with Crippen LogP contribution in [-0.2, 0) is 9.59 Å². The van der Waals surface area contributed by atoms with Crippen LogP contribution in [0.3, 0.4) is 0 Å². The molecule has 3 heteroatoms. The highest BCUT2D eigenvalue weighted by molar-refractivity contribution is 6.48. The summed E-state index contributed by atoms with van der Waals surface area (Å²) >= 11 is 5.70. The molecule has 0 saturated carbocycles. The minimum atomic E-state index is -0.155. The molecule has 0 spiro atoms. The highest BCUT2D eigenvalue weighted by Crippen LogP contribution is 2.47. The van der Waals surface area contributed by atoms with Crippen LogP contribution in [0, 0.1) is 11.8 Å². The second-order valence-corrected chi connectivity index (χ2v) is 4.25. The summed E-state index contributed by atoms with van der Waals surface area (Å²) in [6.45, 7) is 0. The molecular weight excluding hydrogens is 200 g/mol. The van der Waals surface area contributed by atoms with Crippen LogP contribution in [0.25, 0.3) is 0 Å². The largest absolute Gasteiger partial charge is 0.290 e. The minimum absolute atomic E-state index is 0.0645. The Bertz CT molecular complexity index is 454. The van der Waals surface area contributed by atoms with Crippen LogP contribution in [0.4, 0.5) is 0 Å². The summed E-state index contributed by atoms with van der Waals surface area (Å²) in [5, 5.41) is 0.0645. The van der Waals surface area contributed by atoms with Gasteiger partial charge in [-0.05, 0) is 6.42 Å². The zero-order chi connectivity index (χ0) is 9.87. The maximum absolute atomic E-state index is 11.7. The average Bonchev–Trinajstić information content (AvgIpc) is 2.73. The van der Waals surface area contributed by atoms with Gasteiger partial charge in [0.05, 0.1) is 5.03 Å². The van der Waals surface area contributed by atoms with Crippen molar-refractivity contribution in [2.24, 2.45) is 11.8 Å². The summed E-state index contributed by atoms with van der Waals surface area (Å²) in [5.74, 6) is 0.0564. The smallest absolute Gasteiger partial charge is 0.201 e. The molecule has 0 unspecified atom stereocenters. The van der Waals surface area contributed by atoms with Gasteiger partial charge >= 0.3 is 0 Å². The molecule has 14 heavy (non-hydrogen) atoms. The van der Waals surface area contributed by atoms with E-state index in [9.17, 15) is 9.59 Å². The van der Waals surface area contributed by atoms with Gasteiger partial charge in [-0.3, -0.25) is 9.59 Å². The van der Waals surface area contributed by atoms with Crippen LogP contribution >= 0.6 is 11.6 Å². The number of hydrogen-bond acceptors (Lipinski definition) is 2. The van der Waals surface area contributed by atoms with E-state index in [1.54, 1.807) is 0 Å². The van der Waals surface area contributed by atoms with Gasteiger partial charge in [0.2, 0.25) is 5.78 Å². The van der Waals surface area contributed by atoms with Gasteiger partial charge in [-0.1, -0.05) is 23.8 Å². The summed E-state index contributed by atoms with van der Waals surface area (Å²) < 4.78 is 0. The number of carbonyl (C=O) groups is 2. The van der Waals surface area contributed by atoms with Gasteiger partial charge in [-0.25, -0.2) is 0 Å². The van der Waals surface area contributed by atoms with Crippen LogP contribution in [-0.4, -0.2) is 11.6 Å². The summed E-state index contributed by atoms with van der Waals surface area (Å²) in [6, 6.07) is 0. The number of hydrogen-bond donors (Lipinski definition) is 0. The van der Waals surface area contributed by atoms with E-state index in [-0.39, 0.29) is 28.4 Å². The second kappa shape index (κ2) is 2.45. The Morgan fingerprint density at radius 2 is 1.79 bits per heavy atom. The van der Waals surface area contributed by atoms with E-state index >= 15 is 0 Å². The molecule has 0 fully saturated rings. The Balaban J connectivity index is 2.18. The van der Waals surface area contributed by atoms with Crippen molar-refractivity contribution in [3.63, 3.8) is 0 Å². The molecule has 3 rings (SSSR count). The van der Waals surface area contributed by atoms with E-state index in [0.29, 0.717) is 11.1 Å². The van der Waals surface area contributed by atoms with E-state index in [1.165, 1.54) is 6.08 Å². The van der Waals surface area contributed by atoms with E-state index < -0.39 is 0 Å². The molecule has 0 aromatic carbocycles. The second-order valence-electron chi connectivity index (χ2n) is 3.85. The summed E-state index contributed by atoms with van der Waals surface area (Å²) in [5.41, 5.74) is 1.34. The van der Waals surface area contributed by atoms with Crippen molar-refractivity contribution in [1.29, 1.82) is 0 Å². The summed E-state index contributed by atoms with van der Waals surface area (Å²) in [6.07, 6.45) is 6.14. The third kappa shape index (κ3) is 0.819. The molecule has 0 saturated heterocycles. The first-order chi connectivity index (χ1) is 6.68. The maximum Gasteiger partial charge on any atom is 0.201 e. The Morgan fingerprint density at radius 1 is 1.14 bits per heavy atom. The van der Waals surface area contributed by atoms with Crippen LogP contribution in [0.2, 0.25) is 0 Å². The van der Waals surface area contributed by atoms with Crippen LogP contribution in [0.15, 0.2) is 34.4 Å². The highest BCUT2D eigenvalue weighted by Gasteiger charge is 2.43. The normalized spacial score (nSPS) is 33.9. The number of fused-ring (bicyclic) bond motifs is 4. The molecule has 0 aromatic heterocycles. The standard InChI is InChI=1S/C11H7ClO2/c12-7-4-8(13)9-5-1-2-6(3-5)10(9)11(7)14/h1-2,4-6H,3H2/t5-,6+/m0/s1. The molecule has 0 aromatic rings. The lowest BCUT2D eigenvalue weighted by Gasteiger charge is -2.16. The van der Waals surface area contributed by atoms with E-state index in [0.717, 1.165) is 6.42 Å². The average molecular weight is 207 g/mol. The van der Waals surface area contributed by atoms with Gasteiger partial charge in [-0.2, -0.15) is 0 Å². The molecule has 0 heterocycles. The van der Waals surface area contributed by atoms with Crippen molar-refractivity contribution in [3.8, 4) is 0 Å². The number of carbonyl (C=O) groups excluding carboxylic acids is 2. The first-order valence-electron chi connectivity index (χ1n) is 4.57. The van der Waals surface area contributed by atoms with Crippen molar-refractivity contribution in [2.45, 2.75) is 6.42 Å². The predicted octanol–water partition coefficient (Wildman–Crippen LogP) is 1.76. The third-order valence-electron chi connectivity index (χ3n) is 3.10. The molecule has 0 radical (unpaired) electrons. The molecule has 3 aliphatic rings. The molecule has 2 nitrogen and oxygen atoms in total. The lowest BCUT2D eigenvalue weighted by atomic mass is 9.87. The van der Waals surface area contributed by atoms with Crippen LogP contribution in [0.5, 0.6) is 0 Å². The van der Waals surface area contributed by atoms with Crippen LogP contribution < -0.4 is 0 Å². The van der Waals surface area contributed by atoms with Crippen molar-refractivity contribution in [1.82, 2.24) is 0 Å². The lowest BCUT2D eigenvalue weighted by Crippen LogP contribution is -2.19. The SMILES string of the molecule is O=C1C=C(Cl)C(=O)C2=C1[C@H]1C=C[C@@H]2C1. The fraction of sp³-hybridized carbons (Fsp3) is 0.273. The predicted molar refractivity (Wildman–Crippen MR) is 51.7 cm³/mol. The number of halogens is 1. The number of Topliss-reactive ketones (excluding diaryl/α,β-unsaturated/α-hetero) is 1. The molecule has 0 aliphatic heterocycles.